The van der Waals surface area contributed by atoms with Crippen LogP contribution in [-0.2, 0) is 4.74 Å². The Morgan fingerprint density at radius 3 is 2.67 bits per heavy atom. The van der Waals surface area contributed by atoms with Crippen molar-refractivity contribution in [1.82, 2.24) is 4.90 Å². The third kappa shape index (κ3) is 1.63. The largest absolute Gasteiger partial charge is 0.380 e. The Labute approximate surface area is 79.7 Å². The second kappa shape index (κ2) is 2.89. The van der Waals surface area contributed by atoms with Gasteiger partial charge < -0.3 is 4.74 Å². The lowest BCUT2D eigenvalue weighted by Gasteiger charge is -2.38. The minimum absolute atomic E-state index is 0.442. The SMILES string of the molecule is CC(S)[C@@H]1CN1CC1(C)COC1. The Morgan fingerprint density at radius 1 is 1.67 bits per heavy atom. The normalized spacial score (nSPS) is 40.2. The lowest BCUT2D eigenvalue weighted by molar-refractivity contribution is -0.106. The van der Waals surface area contributed by atoms with Gasteiger partial charge in [0.1, 0.15) is 0 Å². The number of hydrogen-bond acceptors (Lipinski definition) is 3. The number of thiol groups is 1. The average Bonchev–Trinajstić information content (AvgIpc) is 2.64. The van der Waals surface area contributed by atoms with Crippen LogP contribution in [0.5, 0.6) is 0 Å². The molecule has 2 rings (SSSR count). The van der Waals surface area contributed by atoms with Crippen molar-refractivity contribution in [2.45, 2.75) is 25.1 Å². The summed E-state index contributed by atoms with van der Waals surface area (Å²) in [5.74, 6) is 0. The molecule has 2 saturated heterocycles. The zero-order valence-corrected chi connectivity index (χ0v) is 8.68. The highest BCUT2D eigenvalue weighted by Gasteiger charge is 2.44. The van der Waals surface area contributed by atoms with Crippen molar-refractivity contribution in [2.24, 2.45) is 5.41 Å². The van der Waals surface area contributed by atoms with E-state index in [1.165, 1.54) is 13.1 Å². The Balaban J connectivity index is 1.76. The fraction of sp³-hybridized carbons (Fsp3) is 1.00. The quantitative estimate of drug-likeness (QED) is 0.523. The maximum atomic E-state index is 5.22. The van der Waals surface area contributed by atoms with Crippen molar-refractivity contribution in [3.05, 3.63) is 0 Å². The molecule has 0 saturated carbocycles. The molecular formula is C9H17NOS. The van der Waals surface area contributed by atoms with Gasteiger partial charge in [-0.25, -0.2) is 0 Å². The van der Waals surface area contributed by atoms with E-state index in [4.69, 9.17) is 4.74 Å². The molecule has 12 heavy (non-hydrogen) atoms. The molecule has 70 valence electrons. The molecule has 0 radical (unpaired) electrons. The first-order chi connectivity index (χ1) is 5.61. The predicted octanol–water partition coefficient (Wildman–Crippen LogP) is 1.03. The van der Waals surface area contributed by atoms with Crippen LogP contribution >= 0.6 is 12.6 Å². The number of rotatable bonds is 3. The van der Waals surface area contributed by atoms with E-state index >= 15 is 0 Å². The molecule has 2 fully saturated rings. The third-order valence-electron chi connectivity index (χ3n) is 2.80. The van der Waals surface area contributed by atoms with Gasteiger partial charge in [0.15, 0.2) is 0 Å². The number of nitrogens with zero attached hydrogens (tertiary/aromatic N) is 1. The van der Waals surface area contributed by atoms with Crippen LogP contribution in [0, 0.1) is 5.41 Å². The molecule has 3 heteroatoms. The van der Waals surface area contributed by atoms with E-state index in [0.29, 0.717) is 10.7 Å². The Bertz CT molecular complexity index is 179. The lowest BCUT2D eigenvalue weighted by atomic mass is 9.89. The molecule has 3 atom stereocenters. The molecule has 0 aromatic heterocycles. The van der Waals surface area contributed by atoms with Gasteiger partial charge in [-0.15, -0.1) is 0 Å². The summed E-state index contributed by atoms with van der Waals surface area (Å²) in [7, 11) is 0. The van der Waals surface area contributed by atoms with E-state index in [2.05, 4.69) is 31.4 Å². The van der Waals surface area contributed by atoms with Crippen LogP contribution in [0.15, 0.2) is 0 Å². The second-order valence-corrected chi connectivity index (χ2v) is 5.36. The highest BCUT2D eigenvalue weighted by atomic mass is 32.1. The molecule has 2 nitrogen and oxygen atoms in total. The van der Waals surface area contributed by atoms with Gasteiger partial charge in [-0.05, 0) is 0 Å². The molecule has 0 aliphatic carbocycles. The van der Waals surface area contributed by atoms with Gasteiger partial charge in [0.05, 0.1) is 13.2 Å². The van der Waals surface area contributed by atoms with E-state index in [-0.39, 0.29) is 0 Å². The van der Waals surface area contributed by atoms with Crippen LogP contribution in [0.4, 0.5) is 0 Å². The maximum Gasteiger partial charge on any atom is 0.0554 e. The summed E-state index contributed by atoms with van der Waals surface area (Å²) in [6.45, 7) is 8.79. The van der Waals surface area contributed by atoms with Crippen molar-refractivity contribution < 1.29 is 4.74 Å². The fourth-order valence-electron chi connectivity index (χ4n) is 1.86. The van der Waals surface area contributed by atoms with Crippen molar-refractivity contribution in [2.75, 3.05) is 26.3 Å². The first-order valence-electron chi connectivity index (χ1n) is 4.61. The first-order valence-corrected chi connectivity index (χ1v) is 5.12. The molecule has 0 amide bonds. The summed E-state index contributed by atoms with van der Waals surface area (Å²) in [6.07, 6.45) is 0. The van der Waals surface area contributed by atoms with Crippen LogP contribution in [0.1, 0.15) is 13.8 Å². The van der Waals surface area contributed by atoms with E-state index in [9.17, 15) is 0 Å². The van der Waals surface area contributed by atoms with Gasteiger partial charge in [0.2, 0.25) is 0 Å². The van der Waals surface area contributed by atoms with Gasteiger partial charge in [-0.1, -0.05) is 13.8 Å². The van der Waals surface area contributed by atoms with Crippen molar-refractivity contribution in [1.29, 1.82) is 0 Å². The lowest BCUT2D eigenvalue weighted by Crippen LogP contribution is -2.45. The summed E-state index contributed by atoms with van der Waals surface area (Å²) >= 11 is 4.44. The molecule has 2 aliphatic heterocycles. The monoisotopic (exact) mass is 187 g/mol. The smallest absolute Gasteiger partial charge is 0.0554 e. The third-order valence-corrected chi connectivity index (χ3v) is 3.14. The van der Waals surface area contributed by atoms with Gasteiger partial charge in [-0.3, -0.25) is 4.90 Å². The van der Waals surface area contributed by atoms with E-state index in [0.717, 1.165) is 19.3 Å². The van der Waals surface area contributed by atoms with Gasteiger partial charge in [0.25, 0.3) is 0 Å². The van der Waals surface area contributed by atoms with Gasteiger partial charge >= 0.3 is 0 Å². The summed E-state index contributed by atoms with van der Waals surface area (Å²) in [6, 6.07) is 0.728. The first kappa shape index (κ1) is 8.85. The summed E-state index contributed by atoms with van der Waals surface area (Å²) in [5.41, 5.74) is 0.442. The van der Waals surface area contributed by atoms with Crippen molar-refractivity contribution in [3.8, 4) is 0 Å². The zero-order valence-electron chi connectivity index (χ0n) is 7.79. The average molecular weight is 187 g/mol. The maximum absolute atomic E-state index is 5.22. The molecule has 0 spiro atoms. The van der Waals surface area contributed by atoms with Crippen molar-refractivity contribution >= 4 is 12.6 Å². The van der Waals surface area contributed by atoms with E-state index < -0.39 is 0 Å². The molecular weight excluding hydrogens is 170 g/mol. The molecule has 0 aromatic carbocycles. The Hall–Kier alpha value is 0.270. The molecule has 2 aliphatic rings. The highest BCUT2D eigenvalue weighted by Crippen LogP contribution is 2.34. The predicted molar refractivity (Wildman–Crippen MR) is 52.7 cm³/mol. The summed E-state index contributed by atoms with van der Waals surface area (Å²) in [5, 5.41) is 0.523. The van der Waals surface area contributed by atoms with Crippen LogP contribution in [-0.4, -0.2) is 42.5 Å². The molecule has 2 unspecified atom stereocenters. The van der Waals surface area contributed by atoms with E-state index in [1.54, 1.807) is 0 Å². The minimum Gasteiger partial charge on any atom is -0.380 e. The molecule has 0 aromatic rings. The highest BCUT2D eigenvalue weighted by molar-refractivity contribution is 7.81. The number of hydrogen-bond donors (Lipinski definition) is 1. The Morgan fingerprint density at radius 2 is 2.33 bits per heavy atom. The topological polar surface area (TPSA) is 12.2 Å². The Kier molecular flexibility index (Phi) is 2.13. The van der Waals surface area contributed by atoms with Crippen molar-refractivity contribution in [3.63, 3.8) is 0 Å². The summed E-state index contributed by atoms with van der Waals surface area (Å²) < 4.78 is 5.22. The molecule has 0 N–H and O–H groups in total. The fourth-order valence-corrected chi connectivity index (χ4v) is 2.15. The van der Waals surface area contributed by atoms with Gasteiger partial charge in [0, 0.05) is 29.8 Å². The standard InChI is InChI=1S/C9H17NOS/c1-7(12)8-3-10(8)4-9(2)5-11-6-9/h7-8,12H,3-6H2,1-2H3/t7?,8-,10?/m0/s1. The van der Waals surface area contributed by atoms with Gasteiger partial charge in [-0.2, -0.15) is 12.6 Å². The van der Waals surface area contributed by atoms with E-state index in [1.807, 2.05) is 0 Å². The second-order valence-electron chi connectivity index (χ2n) is 4.54. The zero-order chi connectivity index (χ0) is 8.77. The number of ether oxygens (including phenoxy) is 1. The molecule has 0 bridgehead atoms. The van der Waals surface area contributed by atoms with Crippen LogP contribution in [0.25, 0.3) is 0 Å². The minimum atomic E-state index is 0.442. The van der Waals surface area contributed by atoms with Crippen LogP contribution in [0.3, 0.4) is 0 Å². The van der Waals surface area contributed by atoms with Crippen LogP contribution < -0.4 is 0 Å². The van der Waals surface area contributed by atoms with Crippen LogP contribution in [0.2, 0.25) is 0 Å². The molecule has 2 heterocycles. The summed E-state index contributed by atoms with van der Waals surface area (Å²) in [4.78, 5) is 2.50.